The third kappa shape index (κ3) is 4.12. The summed E-state index contributed by atoms with van der Waals surface area (Å²) in [6, 6.07) is 10.1. The van der Waals surface area contributed by atoms with Gasteiger partial charge in [-0.1, -0.05) is 32.9 Å². The molecular weight excluding hydrogens is 388 g/mol. The minimum atomic E-state index is 0.0823. The molecule has 0 amide bonds. The molecule has 0 spiro atoms. The average molecular weight is 412 g/mol. The number of pyridine rings is 1. The second-order valence-electron chi connectivity index (χ2n) is 8.88. The fourth-order valence-electron chi connectivity index (χ4n) is 3.39. The van der Waals surface area contributed by atoms with E-state index in [0.29, 0.717) is 18.3 Å². The summed E-state index contributed by atoms with van der Waals surface area (Å²) in [5.41, 5.74) is 5.95. The monoisotopic (exact) mass is 412 g/mol. The molecule has 5 rings (SSSR count). The van der Waals surface area contributed by atoms with E-state index >= 15 is 0 Å². The summed E-state index contributed by atoms with van der Waals surface area (Å²) in [7, 11) is 0. The summed E-state index contributed by atoms with van der Waals surface area (Å²) in [6.07, 6.45) is 9.35. The van der Waals surface area contributed by atoms with Crippen molar-refractivity contribution in [3.63, 3.8) is 0 Å². The summed E-state index contributed by atoms with van der Waals surface area (Å²) < 4.78 is 7.74. The molecule has 1 aliphatic heterocycles. The highest BCUT2D eigenvalue weighted by atomic mass is 16.5. The number of aromatic nitrogens is 4. The molecule has 0 atom stereocenters. The predicted molar refractivity (Wildman–Crippen MR) is 122 cm³/mol. The lowest BCUT2D eigenvalue weighted by atomic mass is 9.99. The molecule has 0 fully saturated rings. The summed E-state index contributed by atoms with van der Waals surface area (Å²) in [4.78, 5) is 18.1. The van der Waals surface area contributed by atoms with Crippen molar-refractivity contribution in [2.24, 2.45) is 10.4 Å². The number of rotatable bonds is 5. The van der Waals surface area contributed by atoms with Gasteiger partial charge in [0.1, 0.15) is 0 Å². The van der Waals surface area contributed by atoms with E-state index in [9.17, 15) is 0 Å². The van der Waals surface area contributed by atoms with Crippen LogP contribution in [-0.4, -0.2) is 32.2 Å². The Hall–Kier alpha value is -3.74. The highest BCUT2D eigenvalue weighted by Crippen LogP contribution is 2.27. The van der Waals surface area contributed by atoms with Crippen molar-refractivity contribution in [3.8, 4) is 17.1 Å². The Morgan fingerprint density at radius 3 is 2.84 bits per heavy atom. The van der Waals surface area contributed by atoms with Gasteiger partial charge >= 0.3 is 0 Å². The van der Waals surface area contributed by atoms with Gasteiger partial charge in [0.25, 0.3) is 0 Å². The third-order valence-electron chi connectivity index (χ3n) is 4.96. The van der Waals surface area contributed by atoms with Crippen LogP contribution in [0.25, 0.3) is 16.9 Å². The fraction of sp³-hybridized carbons (Fsp3) is 0.250. The zero-order valence-corrected chi connectivity index (χ0v) is 17.8. The minimum absolute atomic E-state index is 0.0823. The second-order valence-corrected chi connectivity index (χ2v) is 8.88. The molecule has 0 saturated heterocycles. The Morgan fingerprint density at radius 2 is 2.03 bits per heavy atom. The molecular formula is C24H24N6O. The van der Waals surface area contributed by atoms with E-state index in [1.807, 2.05) is 35.1 Å². The molecule has 1 N–H and O–H groups in total. The summed E-state index contributed by atoms with van der Waals surface area (Å²) in [5, 5.41) is 3.36. The van der Waals surface area contributed by atoms with Crippen molar-refractivity contribution in [1.29, 1.82) is 0 Å². The Bertz CT molecular complexity index is 1270. The zero-order chi connectivity index (χ0) is 21.4. The van der Waals surface area contributed by atoms with Crippen LogP contribution in [0.3, 0.4) is 0 Å². The van der Waals surface area contributed by atoms with Crippen LogP contribution in [0.4, 0.5) is 11.5 Å². The molecule has 3 aromatic heterocycles. The second kappa shape index (κ2) is 7.50. The molecule has 1 aromatic carbocycles. The van der Waals surface area contributed by atoms with Crippen LogP contribution < -0.4 is 10.1 Å². The molecule has 0 aliphatic carbocycles. The number of hydrogen-bond acceptors (Lipinski definition) is 6. The minimum Gasteiger partial charge on any atom is -0.477 e. The number of hydrogen-bond donors (Lipinski definition) is 1. The molecule has 0 bridgehead atoms. The maximum atomic E-state index is 5.77. The Labute approximate surface area is 180 Å². The molecule has 4 heterocycles. The number of nitrogens with zero attached hydrogens (tertiary/aromatic N) is 5. The lowest BCUT2D eigenvalue weighted by Crippen LogP contribution is -2.17. The van der Waals surface area contributed by atoms with Gasteiger partial charge in [-0.05, 0) is 28.7 Å². The largest absolute Gasteiger partial charge is 0.477 e. The Balaban J connectivity index is 1.43. The van der Waals surface area contributed by atoms with E-state index in [1.165, 1.54) is 11.1 Å². The summed E-state index contributed by atoms with van der Waals surface area (Å²) >= 11 is 0. The highest BCUT2D eigenvalue weighted by Gasteiger charge is 2.14. The van der Waals surface area contributed by atoms with Crippen molar-refractivity contribution in [3.05, 3.63) is 66.2 Å². The highest BCUT2D eigenvalue weighted by molar-refractivity contribution is 5.86. The van der Waals surface area contributed by atoms with Gasteiger partial charge in [0.05, 0.1) is 30.7 Å². The van der Waals surface area contributed by atoms with Gasteiger partial charge in [-0.2, -0.15) is 0 Å². The van der Waals surface area contributed by atoms with Crippen LogP contribution in [0.2, 0.25) is 0 Å². The molecule has 7 nitrogen and oxygen atoms in total. The van der Waals surface area contributed by atoms with Crippen LogP contribution >= 0.6 is 0 Å². The molecule has 1 aliphatic rings. The molecule has 0 unspecified atom stereocenters. The smallest absolute Gasteiger partial charge is 0.213 e. The number of anilines is 2. The van der Waals surface area contributed by atoms with Gasteiger partial charge in [-0.25, -0.2) is 15.0 Å². The first kappa shape index (κ1) is 19.2. The molecule has 4 aromatic rings. The van der Waals surface area contributed by atoms with Gasteiger partial charge in [0.15, 0.2) is 11.5 Å². The normalized spacial score (nSPS) is 12.9. The number of nitrogens with one attached hydrogen (secondary N) is 1. The third-order valence-corrected chi connectivity index (χ3v) is 4.96. The molecule has 31 heavy (non-hydrogen) atoms. The maximum Gasteiger partial charge on any atom is 0.213 e. The van der Waals surface area contributed by atoms with Crippen LogP contribution in [-0.2, 0) is 6.54 Å². The van der Waals surface area contributed by atoms with Crippen LogP contribution in [0.1, 0.15) is 31.9 Å². The van der Waals surface area contributed by atoms with Crippen molar-refractivity contribution in [1.82, 2.24) is 19.4 Å². The van der Waals surface area contributed by atoms with E-state index in [0.717, 1.165) is 29.1 Å². The summed E-state index contributed by atoms with van der Waals surface area (Å²) in [5.74, 6) is 1.28. The standard InChI is InChI=1S/C24H24N6O/c1-24(2,3)15-31-21-7-6-19(13-27-21)28-22-23-26-8-9-30(23)14-20(29-22)16-4-5-17-11-25-12-18(17)10-16/h4-11,13-14H,12,15H2,1-3H3,(H,28,29). The van der Waals surface area contributed by atoms with Crippen molar-refractivity contribution in [2.75, 3.05) is 11.9 Å². The average Bonchev–Trinajstić information content (AvgIpc) is 3.41. The first-order valence-electron chi connectivity index (χ1n) is 10.3. The Kier molecular flexibility index (Phi) is 4.66. The van der Waals surface area contributed by atoms with Gasteiger partial charge in [0.2, 0.25) is 5.88 Å². The van der Waals surface area contributed by atoms with Gasteiger partial charge in [-0.15, -0.1) is 0 Å². The van der Waals surface area contributed by atoms with E-state index in [2.05, 4.69) is 59.2 Å². The van der Waals surface area contributed by atoms with E-state index in [1.54, 1.807) is 12.4 Å². The lowest BCUT2D eigenvalue weighted by molar-refractivity contribution is 0.191. The fourth-order valence-corrected chi connectivity index (χ4v) is 3.39. The zero-order valence-electron chi connectivity index (χ0n) is 17.8. The summed E-state index contributed by atoms with van der Waals surface area (Å²) in [6.45, 7) is 7.72. The van der Waals surface area contributed by atoms with Crippen LogP contribution in [0.5, 0.6) is 5.88 Å². The number of aliphatic imine (C=N–C) groups is 1. The molecule has 0 radical (unpaired) electrons. The first-order chi connectivity index (χ1) is 14.9. The number of ether oxygens (including phenoxy) is 1. The van der Waals surface area contributed by atoms with Crippen molar-refractivity contribution < 1.29 is 4.74 Å². The molecule has 0 saturated carbocycles. The van der Waals surface area contributed by atoms with Crippen LogP contribution in [0.15, 0.2) is 60.1 Å². The van der Waals surface area contributed by atoms with Gasteiger partial charge in [-0.3, -0.25) is 4.99 Å². The number of fused-ring (bicyclic) bond motifs is 2. The SMILES string of the molecule is CC(C)(C)COc1ccc(Nc2nc(-c3ccc4c(c3)CN=C4)cn3ccnc23)cn1. The quantitative estimate of drug-likeness (QED) is 0.505. The maximum absolute atomic E-state index is 5.77. The molecule has 156 valence electrons. The van der Waals surface area contributed by atoms with Gasteiger partial charge in [0, 0.05) is 36.4 Å². The van der Waals surface area contributed by atoms with Gasteiger partial charge < -0.3 is 14.5 Å². The number of imidazole rings is 1. The molecule has 7 heteroatoms. The predicted octanol–water partition coefficient (Wildman–Crippen LogP) is 4.89. The Morgan fingerprint density at radius 1 is 1.13 bits per heavy atom. The van der Waals surface area contributed by atoms with Crippen molar-refractivity contribution >= 4 is 23.4 Å². The van der Waals surface area contributed by atoms with E-state index in [4.69, 9.17) is 9.72 Å². The lowest BCUT2D eigenvalue weighted by Gasteiger charge is -2.18. The van der Waals surface area contributed by atoms with Crippen molar-refractivity contribution in [2.45, 2.75) is 27.3 Å². The topological polar surface area (TPSA) is 76.7 Å². The van der Waals surface area contributed by atoms with E-state index in [-0.39, 0.29) is 5.41 Å². The van der Waals surface area contributed by atoms with Crippen LogP contribution in [0, 0.1) is 5.41 Å². The first-order valence-corrected chi connectivity index (χ1v) is 10.3. The number of benzene rings is 1. The van der Waals surface area contributed by atoms with E-state index < -0.39 is 0 Å².